The molecule has 0 radical (unpaired) electrons. The van der Waals surface area contributed by atoms with Crippen LogP contribution in [0.3, 0.4) is 0 Å². The third-order valence-electron chi connectivity index (χ3n) is 27.4. The molecular weight excluding hydrogens is 1610 g/mol. The number of sulfone groups is 1. The van der Waals surface area contributed by atoms with Crippen molar-refractivity contribution in [3.8, 4) is 66.8 Å². The van der Waals surface area contributed by atoms with Crippen molar-refractivity contribution in [1.29, 1.82) is 0 Å². The van der Waals surface area contributed by atoms with Gasteiger partial charge in [-0.1, -0.05) is 249 Å². The van der Waals surface area contributed by atoms with Crippen molar-refractivity contribution in [2.45, 2.75) is 185 Å². The summed E-state index contributed by atoms with van der Waals surface area (Å²) in [5.41, 5.74) is 48.5. The van der Waals surface area contributed by atoms with Gasteiger partial charge in [-0.15, -0.1) is 0 Å². The summed E-state index contributed by atoms with van der Waals surface area (Å²) in [6, 6.07) is 81.2. The Hall–Kier alpha value is -9.34. The molecule has 0 spiro atoms. The average Bonchev–Trinajstić information content (AvgIpc) is 1.64. The number of thioether (sulfide) groups is 1. The molecule has 6 aliphatic rings. The highest BCUT2D eigenvalue weighted by Gasteiger charge is 2.37. The van der Waals surface area contributed by atoms with E-state index in [1.165, 1.54) is 237 Å². The molecule has 678 valence electrons. The number of rotatable bonds is 13. The summed E-state index contributed by atoms with van der Waals surface area (Å²) in [6.07, 6.45) is 2.55. The zero-order valence-corrected chi connectivity index (χ0v) is 84.7. The molecular formula is C118H152N6O3S2+6. The molecule has 0 aromatic heterocycles. The van der Waals surface area contributed by atoms with Gasteiger partial charge in [-0.3, -0.25) is 0 Å². The maximum atomic E-state index is 12.2. The van der Waals surface area contributed by atoms with Crippen LogP contribution >= 0.6 is 11.8 Å². The second-order valence-corrected chi connectivity index (χ2v) is 45.8. The van der Waals surface area contributed by atoms with Crippen LogP contribution in [0.1, 0.15) is 160 Å². The maximum Gasteiger partial charge on any atom is 0.158 e. The van der Waals surface area contributed by atoms with E-state index in [0.717, 1.165) is 107 Å². The molecule has 12 aromatic rings. The number of hydrogen-bond acceptors (Lipinski definition) is 4. The number of nitrogens with zero attached hydrogens (tertiary/aromatic N) is 6. The highest BCUT2D eigenvalue weighted by atomic mass is 32.2. The first-order valence-corrected chi connectivity index (χ1v) is 50.5. The molecule has 0 N–H and O–H groups in total. The van der Waals surface area contributed by atoms with Crippen molar-refractivity contribution < 1.29 is 40.1 Å². The van der Waals surface area contributed by atoms with Crippen molar-refractivity contribution in [1.82, 2.24) is 0 Å². The Morgan fingerprint density at radius 3 is 0.736 bits per heavy atom. The normalized spacial score (nSPS) is 15.5. The lowest BCUT2D eigenvalue weighted by molar-refractivity contribution is -0.966. The molecule has 6 aliphatic heterocycles. The molecule has 0 amide bonds. The van der Waals surface area contributed by atoms with Gasteiger partial charge in [-0.25, -0.2) is 8.42 Å². The Bertz CT molecular complexity index is 5690. The SMILES string of the molecule is CC[N+]1(CC)Cc2cc(C)ccc2-c2ccc(C)cc2C1.Cc1ccc2c(c1)COCc1cc(C)ccc1-2.Cc1ccc2c(c1)CS(=O)(=O)Cc1cc(C)ccc1-2.Cc1ccc2c(c1)CSCc1cc(C)ccc1-2.Cc1ccc2c(c1)C[N+](C)(CC[N+](C)(C)C)Cc1cc(C)ccc1-2.Cc1ccc2c(c1)C[N+](CCC[N+](C)(C)C)(CCC[N+](C)(C)C)Cc1cc(C)ccc1-2. The number of benzene rings is 12. The van der Waals surface area contributed by atoms with Gasteiger partial charge < -0.3 is 31.6 Å². The maximum absolute atomic E-state index is 12.2. The molecule has 0 fully saturated rings. The van der Waals surface area contributed by atoms with Gasteiger partial charge in [0.2, 0.25) is 0 Å². The summed E-state index contributed by atoms with van der Waals surface area (Å²) >= 11 is 2.02. The first-order chi connectivity index (χ1) is 61.0. The van der Waals surface area contributed by atoms with Gasteiger partial charge in [0.15, 0.2) is 9.84 Å². The lowest BCUT2D eigenvalue weighted by atomic mass is 9.94. The number of quaternary nitrogens is 6. The number of ether oxygens (including phenoxy) is 1. The van der Waals surface area contributed by atoms with E-state index in [1.807, 2.05) is 62.0 Å². The van der Waals surface area contributed by atoms with Crippen molar-refractivity contribution in [2.24, 2.45) is 0 Å². The third-order valence-corrected chi connectivity index (χ3v) is 29.9. The summed E-state index contributed by atoms with van der Waals surface area (Å²) in [5, 5.41) is 0. The Morgan fingerprint density at radius 2 is 0.481 bits per heavy atom. The van der Waals surface area contributed by atoms with Gasteiger partial charge in [-0.2, -0.15) is 11.8 Å². The van der Waals surface area contributed by atoms with Gasteiger partial charge in [0, 0.05) is 57.7 Å². The van der Waals surface area contributed by atoms with Crippen LogP contribution in [0.5, 0.6) is 0 Å². The van der Waals surface area contributed by atoms with E-state index < -0.39 is 9.84 Å². The summed E-state index contributed by atoms with van der Waals surface area (Å²) in [5.74, 6) is 2.53. The van der Waals surface area contributed by atoms with E-state index in [4.69, 9.17) is 4.74 Å². The van der Waals surface area contributed by atoms with E-state index >= 15 is 0 Å². The zero-order chi connectivity index (χ0) is 92.7. The first-order valence-electron chi connectivity index (χ1n) is 47.5. The third kappa shape index (κ3) is 25.5. The second-order valence-electron chi connectivity index (χ2n) is 42.7. The van der Waals surface area contributed by atoms with Crippen LogP contribution < -0.4 is 0 Å². The van der Waals surface area contributed by atoms with E-state index in [9.17, 15) is 8.42 Å². The molecule has 0 unspecified atom stereocenters. The van der Waals surface area contributed by atoms with E-state index in [0.29, 0.717) is 13.2 Å². The predicted octanol–water partition coefficient (Wildman–Crippen LogP) is 26.1. The van der Waals surface area contributed by atoms with Crippen LogP contribution in [0.25, 0.3) is 66.8 Å². The minimum atomic E-state index is -3.08. The molecule has 0 bridgehead atoms. The molecule has 11 heteroatoms. The molecule has 0 aliphatic carbocycles. The molecule has 0 atom stereocenters. The topological polar surface area (TPSA) is 43.4 Å². The number of fused-ring (bicyclic) bond motifs is 18. The monoisotopic (exact) mass is 1770 g/mol. The highest BCUT2D eigenvalue weighted by Crippen LogP contribution is 2.44. The quantitative estimate of drug-likeness (QED) is 0.108. The molecule has 18 rings (SSSR count). The van der Waals surface area contributed by atoms with E-state index in [2.05, 4.69) is 336 Å². The second kappa shape index (κ2) is 40.8. The summed E-state index contributed by atoms with van der Waals surface area (Å²) in [4.78, 5) is 0. The molecule has 129 heavy (non-hydrogen) atoms. The number of likely N-dealkylation sites (N-methyl/N-ethyl adjacent to an activating group) is 2. The Morgan fingerprint density at radius 1 is 0.271 bits per heavy atom. The zero-order valence-electron chi connectivity index (χ0n) is 83.1. The van der Waals surface area contributed by atoms with Crippen molar-refractivity contribution in [3.63, 3.8) is 0 Å². The molecule has 12 aromatic carbocycles. The van der Waals surface area contributed by atoms with Gasteiger partial charge >= 0.3 is 0 Å². The fourth-order valence-electron chi connectivity index (χ4n) is 20.4. The molecule has 0 saturated heterocycles. The highest BCUT2D eigenvalue weighted by molar-refractivity contribution is 7.97. The van der Waals surface area contributed by atoms with Crippen LogP contribution in [0.4, 0.5) is 0 Å². The summed E-state index contributed by atoms with van der Waals surface area (Å²) in [7, 11) is 20.1. The van der Waals surface area contributed by atoms with Crippen LogP contribution in [0.2, 0.25) is 0 Å². The van der Waals surface area contributed by atoms with Gasteiger partial charge in [0.1, 0.15) is 52.4 Å². The molecule has 0 saturated carbocycles. The van der Waals surface area contributed by atoms with Crippen molar-refractivity contribution in [2.75, 3.05) is 123 Å². The average molecular weight is 1770 g/mol. The van der Waals surface area contributed by atoms with Gasteiger partial charge in [0.25, 0.3) is 0 Å². The minimum Gasteiger partial charge on any atom is -0.372 e. The van der Waals surface area contributed by atoms with Crippen LogP contribution in [0.15, 0.2) is 218 Å². The largest absolute Gasteiger partial charge is 0.372 e. The summed E-state index contributed by atoms with van der Waals surface area (Å²) < 4.78 is 36.7. The smallest absolute Gasteiger partial charge is 0.158 e. The molecule has 6 heterocycles. The van der Waals surface area contributed by atoms with E-state index in [1.54, 1.807) is 0 Å². The Kier molecular flexibility index (Phi) is 30.7. The Labute approximate surface area is 783 Å². The minimum absolute atomic E-state index is 0.137. The van der Waals surface area contributed by atoms with Crippen LogP contribution in [-0.4, -0.2) is 158 Å². The van der Waals surface area contributed by atoms with Crippen molar-refractivity contribution in [3.05, 3.63) is 352 Å². The Balaban J connectivity index is 0.000000134. The number of aryl methyl sites for hydroxylation is 12. The lowest BCUT2D eigenvalue weighted by Gasteiger charge is -2.40. The van der Waals surface area contributed by atoms with Gasteiger partial charge in [0.05, 0.1) is 134 Å². The first kappa shape index (κ1) is 97.2. The fraction of sp³-hybridized carbons (Fsp3) is 0.390. The van der Waals surface area contributed by atoms with Crippen LogP contribution in [-0.2, 0) is 90.1 Å². The predicted molar refractivity (Wildman–Crippen MR) is 550 cm³/mol. The standard InChI is InChI=1S/C28H46N3.C22H32N2.C20H26N.C16H16O2S.C16H16O.C16H16S/c1-23-11-13-27-25(19-23)21-31(17-9-15-29(3,4)5,18-10-16-30(6,7)8)22-26-20-24(2)12-14-28(26)27;1-17-7-9-21-19(13-17)15-24(6,12-11-23(3,4)5)16-20-14-18(2)8-10-22(20)21;1-5-21(6-2)13-17-11-15(3)7-9-19(17)20-10-8-16(4)12-18(20)14-21;1-11-3-5-15-13(7-11)9-19(17,18)10-14-8-12(2)4-6-16(14)15;2*1-11-3-5-15-13(7-11)9-17-10-14-8-12(2)4-6-16(14)15/h11-14,19-20H,9-10,15-18,21-22H2,1-8H3;7-10,13-14H,11-12,15-16H2,1-6H3;7-12H,5-6,13-14H2,1-4H3;3-8H,9-10H2,1-2H3;2*3-8H,9-10H2,1-2H3/q+3;+2;+1;;;. The number of hydrogen-bond donors (Lipinski definition) is 0. The molecule has 9 nitrogen and oxygen atoms in total. The van der Waals surface area contributed by atoms with Crippen LogP contribution in [0, 0.1) is 83.1 Å². The van der Waals surface area contributed by atoms with E-state index in [-0.39, 0.29) is 11.5 Å². The lowest BCUT2D eigenvalue weighted by Crippen LogP contribution is -2.50. The fourth-order valence-corrected chi connectivity index (χ4v) is 22.9. The van der Waals surface area contributed by atoms with Crippen molar-refractivity contribution >= 4 is 21.6 Å². The van der Waals surface area contributed by atoms with Gasteiger partial charge in [-0.05, 0) is 233 Å². The summed E-state index contributed by atoms with van der Waals surface area (Å²) in [6.45, 7) is 48.6.